The van der Waals surface area contributed by atoms with Crippen molar-refractivity contribution in [3.63, 3.8) is 0 Å². The summed E-state index contributed by atoms with van der Waals surface area (Å²) in [7, 11) is 0. The molecule has 47 heavy (non-hydrogen) atoms. The van der Waals surface area contributed by atoms with E-state index in [1.54, 1.807) is 0 Å². The van der Waals surface area contributed by atoms with Gasteiger partial charge in [-0.2, -0.15) is 0 Å². The molecule has 268 valence electrons. The monoisotopic (exact) mass is 710 g/mol. The van der Waals surface area contributed by atoms with Gasteiger partial charge in [-0.25, -0.2) is 0 Å². The Morgan fingerprint density at radius 3 is 1.51 bits per heavy atom. The van der Waals surface area contributed by atoms with Gasteiger partial charge in [0.1, 0.15) is 24.7 Å². The van der Waals surface area contributed by atoms with Crippen LogP contribution in [0.4, 0.5) is 0 Å². The van der Waals surface area contributed by atoms with E-state index in [1.807, 2.05) is 60.7 Å². The molecule has 2 rings (SSSR count). The van der Waals surface area contributed by atoms with Crippen molar-refractivity contribution in [2.24, 2.45) is 0 Å². The Morgan fingerprint density at radius 1 is 0.596 bits per heavy atom. The van der Waals surface area contributed by atoms with E-state index in [1.165, 1.54) is 88.4 Å². The zero-order valence-corrected chi connectivity index (χ0v) is 31.8. The van der Waals surface area contributed by atoms with Crippen LogP contribution < -0.4 is 9.47 Å². The van der Waals surface area contributed by atoms with Crippen molar-refractivity contribution in [3.05, 3.63) is 60.7 Å². The third-order valence-corrected chi connectivity index (χ3v) is 12.3. The SMILES string of the molecule is CCCCCCCCCC(COP(O)(=S)SCC(CCCCCCCCC)OCCOc1ccccc1)OCCOc1ccccc1. The molecule has 6 nitrogen and oxygen atoms in total. The molecule has 0 heterocycles. The molecule has 3 unspecified atom stereocenters. The molecule has 0 bridgehead atoms. The summed E-state index contributed by atoms with van der Waals surface area (Å²) < 4.78 is 30.1. The van der Waals surface area contributed by atoms with Crippen molar-refractivity contribution in [3.8, 4) is 11.5 Å². The molecule has 0 aliphatic carbocycles. The predicted molar refractivity (Wildman–Crippen MR) is 203 cm³/mol. The first-order chi connectivity index (χ1) is 23.0. The summed E-state index contributed by atoms with van der Waals surface area (Å²) in [5.41, 5.74) is -3.06. The van der Waals surface area contributed by atoms with Gasteiger partial charge < -0.3 is 28.4 Å². The van der Waals surface area contributed by atoms with E-state index in [2.05, 4.69) is 13.8 Å². The summed E-state index contributed by atoms with van der Waals surface area (Å²) in [4.78, 5) is 11.1. The molecule has 0 aromatic heterocycles. The average Bonchev–Trinajstić information content (AvgIpc) is 3.09. The Bertz CT molecular complexity index is 938. The second-order valence-electron chi connectivity index (χ2n) is 12.2. The van der Waals surface area contributed by atoms with Crippen molar-refractivity contribution < 1.29 is 28.4 Å². The minimum Gasteiger partial charge on any atom is -0.491 e. The summed E-state index contributed by atoms with van der Waals surface area (Å²) in [5, 5.41) is 0. The summed E-state index contributed by atoms with van der Waals surface area (Å²) >= 11 is 6.95. The lowest BCUT2D eigenvalue weighted by atomic mass is 10.1. The number of hydrogen-bond donors (Lipinski definition) is 1. The van der Waals surface area contributed by atoms with Crippen molar-refractivity contribution in [1.29, 1.82) is 0 Å². The zero-order chi connectivity index (χ0) is 33.7. The van der Waals surface area contributed by atoms with E-state index < -0.39 is 5.69 Å². The smallest absolute Gasteiger partial charge is 0.244 e. The second-order valence-corrected chi connectivity index (χ2v) is 18.4. The molecule has 0 saturated carbocycles. The summed E-state index contributed by atoms with van der Waals surface area (Å²) in [6, 6.07) is 19.6. The van der Waals surface area contributed by atoms with Crippen LogP contribution in [0.3, 0.4) is 0 Å². The molecule has 0 aliphatic heterocycles. The number of ether oxygens (including phenoxy) is 4. The Hall–Kier alpha value is -1.12. The highest BCUT2D eigenvalue weighted by Gasteiger charge is 2.22. The van der Waals surface area contributed by atoms with Crippen molar-refractivity contribution in [2.45, 2.75) is 129 Å². The van der Waals surface area contributed by atoms with Crippen molar-refractivity contribution in [2.75, 3.05) is 38.8 Å². The van der Waals surface area contributed by atoms with Gasteiger partial charge in [-0.15, -0.1) is 0 Å². The molecule has 0 saturated heterocycles. The number of hydrogen-bond acceptors (Lipinski definition) is 7. The topological polar surface area (TPSA) is 66.4 Å². The van der Waals surface area contributed by atoms with Crippen molar-refractivity contribution >= 4 is 28.9 Å². The van der Waals surface area contributed by atoms with Crippen LogP contribution in [0.1, 0.15) is 117 Å². The number of unbranched alkanes of at least 4 members (excludes halogenated alkanes) is 12. The van der Waals surface area contributed by atoms with Crippen LogP contribution in [0.15, 0.2) is 60.7 Å². The Kier molecular flexibility index (Phi) is 25.7. The van der Waals surface area contributed by atoms with E-state index in [0.717, 1.165) is 37.2 Å². The van der Waals surface area contributed by atoms with E-state index in [-0.39, 0.29) is 18.8 Å². The van der Waals surface area contributed by atoms with Gasteiger partial charge >= 0.3 is 0 Å². The van der Waals surface area contributed by atoms with E-state index >= 15 is 0 Å². The van der Waals surface area contributed by atoms with Crippen LogP contribution in [-0.2, 0) is 25.8 Å². The highest BCUT2D eigenvalue weighted by molar-refractivity contribution is 8.67. The van der Waals surface area contributed by atoms with Crippen LogP contribution in [0.5, 0.6) is 11.5 Å². The summed E-state index contributed by atoms with van der Waals surface area (Å²) in [6.45, 7) is 6.68. The predicted octanol–water partition coefficient (Wildman–Crippen LogP) is 11.2. The molecule has 0 radical (unpaired) electrons. The Morgan fingerprint density at radius 2 is 1.02 bits per heavy atom. The first-order valence-corrected chi connectivity index (χ1v) is 22.5. The third-order valence-electron chi connectivity index (χ3n) is 8.00. The fraction of sp³-hybridized carbons (Fsp3) is 0.684. The lowest BCUT2D eigenvalue weighted by Crippen LogP contribution is -2.22. The van der Waals surface area contributed by atoms with Crippen molar-refractivity contribution in [1.82, 2.24) is 0 Å². The molecule has 2 aromatic rings. The van der Waals surface area contributed by atoms with E-state index in [4.69, 9.17) is 35.3 Å². The maximum atomic E-state index is 11.1. The largest absolute Gasteiger partial charge is 0.491 e. The van der Waals surface area contributed by atoms with Crippen LogP contribution >= 0.6 is 17.1 Å². The number of rotatable bonds is 32. The molecule has 0 fully saturated rings. The first kappa shape index (κ1) is 42.0. The van der Waals surface area contributed by atoms with Gasteiger partial charge in [0.2, 0.25) is 5.69 Å². The highest BCUT2D eigenvalue weighted by atomic mass is 32.9. The maximum absolute atomic E-state index is 11.1. The number of benzene rings is 2. The molecule has 0 aliphatic rings. The summed E-state index contributed by atoms with van der Waals surface area (Å²) in [6.07, 6.45) is 19.1. The molecular weight excluding hydrogens is 648 g/mol. The molecular formula is C38H63O6PS2. The summed E-state index contributed by atoms with van der Waals surface area (Å²) in [5.74, 6) is 2.27. The molecule has 0 spiro atoms. The molecule has 3 atom stereocenters. The van der Waals surface area contributed by atoms with Crippen LogP contribution in [0, 0.1) is 0 Å². The van der Waals surface area contributed by atoms with Crippen LogP contribution in [0.25, 0.3) is 0 Å². The van der Waals surface area contributed by atoms with Gasteiger partial charge in [0, 0.05) is 5.75 Å². The lowest BCUT2D eigenvalue weighted by molar-refractivity contribution is 0.00164. The fourth-order valence-electron chi connectivity index (χ4n) is 5.26. The number of para-hydroxylation sites is 2. The fourth-order valence-corrected chi connectivity index (χ4v) is 8.51. The minimum absolute atomic E-state index is 0.0111. The normalized spacial score (nSPS) is 14.0. The van der Waals surface area contributed by atoms with Gasteiger partial charge in [-0.1, -0.05) is 152 Å². The van der Waals surface area contributed by atoms with Gasteiger partial charge in [0.15, 0.2) is 0 Å². The van der Waals surface area contributed by atoms with E-state index in [9.17, 15) is 4.89 Å². The standard InChI is InChI=1S/C38H63O6PS2/c1-3-5-7-9-11-13-17-27-37(42-31-29-40-35-23-19-15-20-24-35)33-44-45(39,46)47-34-38(28-18-14-12-10-8-6-4-2)43-32-30-41-36-25-21-16-22-26-36/h15-16,19-26,37-38H,3-14,17-18,27-34H2,1-2H3,(H,39,46). The Balaban J connectivity index is 1.81. The second kappa shape index (κ2) is 28.7. The highest BCUT2D eigenvalue weighted by Crippen LogP contribution is 2.56. The van der Waals surface area contributed by atoms with Crippen LogP contribution in [-0.4, -0.2) is 55.9 Å². The van der Waals surface area contributed by atoms with Gasteiger partial charge in [0.25, 0.3) is 0 Å². The third kappa shape index (κ3) is 23.8. The van der Waals surface area contributed by atoms with Gasteiger partial charge in [-0.05, 0) is 48.9 Å². The lowest BCUT2D eigenvalue weighted by Gasteiger charge is -2.24. The van der Waals surface area contributed by atoms with Gasteiger partial charge in [0.05, 0.1) is 32.0 Å². The minimum atomic E-state index is -3.06. The van der Waals surface area contributed by atoms with E-state index in [0.29, 0.717) is 32.2 Å². The quantitative estimate of drug-likeness (QED) is 0.0595. The first-order valence-electron chi connectivity index (χ1n) is 18.2. The maximum Gasteiger partial charge on any atom is 0.244 e. The average molecular weight is 711 g/mol. The van der Waals surface area contributed by atoms with Crippen LogP contribution in [0.2, 0.25) is 0 Å². The Labute approximate surface area is 296 Å². The molecule has 2 aromatic carbocycles. The zero-order valence-electron chi connectivity index (χ0n) is 29.2. The van der Waals surface area contributed by atoms with Gasteiger partial charge in [-0.3, -0.25) is 0 Å². The molecule has 1 N–H and O–H groups in total. The molecule has 9 heteroatoms. The molecule has 0 amide bonds.